The van der Waals surface area contributed by atoms with Gasteiger partial charge in [-0.25, -0.2) is 0 Å². The summed E-state index contributed by atoms with van der Waals surface area (Å²) in [6.45, 7) is 3.87. The van der Waals surface area contributed by atoms with Crippen LogP contribution in [-0.2, 0) is 17.8 Å². The molecule has 0 radical (unpaired) electrons. The molecule has 128 valence electrons. The van der Waals surface area contributed by atoms with Crippen LogP contribution in [-0.4, -0.2) is 26.2 Å². The van der Waals surface area contributed by atoms with Crippen molar-refractivity contribution >= 4 is 5.91 Å². The van der Waals surface area contributed by atoms with Gasteiger partial charge in [0.05, 0.1) is 6.61 Å². The molecule has 0 heterocycles. The molecule has 2 aromatic rings. The largest absolute Gasteiger partial charge is 0.491 e. The van der Waals surface area contributed by atoms with E-state index in [2.05, 4.69) is 5.32 Å². The average molecular weight is 328 g/mol. The number of amides is 1. The zero-order valence-electron chi connectivity index (χ0n) is 14.2. The lowest BCUT2D eigenvalue weighted by Crippen LogP contribution is -2.23. The fourth-order valence-electron chi connectivity index (χ4n) is 2.25. The Morgan fingerprint density at radius 2 is 1.88 bits per heavy atom. The van der Waals surface area contributed by atoms with E-state index in [-0.39, 0.29) is 5.91 Å². The van der Waals surface area contributed by atoms with Crippen molar-refractivity contribution in [3.63, 3.8) is 0 Å². The number of rotatable bonds is 8. The Kier molecular flexibility index (Phi) is 6.78. The molecule has 0 aliphatic carbocycles. The van der Waals surface area contributed by atoms with E-state index in [1.165, 1.54) is 0 Å². The third kappa shape index (κ3) is 5.08. The fraction of sp³-hybridized carbons (Fsp3) is 0.316. The van der Waals surface area contributed by atoms with Gasteiger partial charge in [0.2, 0.25) is 0 Å². The summed E-state index contributed by atoms with van der Waals surface area (Å²) in [6, 6.07) is 13.2. The number of ether oxygens (including phenoxy) is 2. The second-order valence-corrected chi connectivity index (χ2v) is 5.54. The minimum atomic E-state index is -0.123. The van der Waals surface area contributed by atoms with Crippen molar-refractivity contribution in [2.75, 3.05) is 20.3 Å². The third-order valence-corrected chi connectivity index (χ3v) is 3.66. The molecule has 0 fully saturated rings. The highest BCUT2D eigenvalue weighted by Gasteiger charge is 2.09. The number of carbonyl (C=O) groups is 1. The van der Waals surface area contributed by atoms with Crippen molar-refractivity contribution < 1.29 is 14.3 Å². The molecular formula is C19H24N2O3. The summed E-state index contributed by atoms with van der Waals surface area (Å²) in [4.78, 5) is 12.3. The first-order valence-corrected chi connectivity index (χ1v) is 7.92. The zero-order chi connectivity index (χ0) is 17.4. The summed E-state index contributed by atoms with van der Waals surface area (Å²) in [5.74, 6) is 0.646. The second kappa shape index (κ2) is 9.05. The van der Waals surface area contributed by atoms with Crippen molar-refractivity contribution in [3.8, 4) is 5.75 Å². The molecule has 24 heavy (non-hydrogen) atoms. The molecule has 0 aliphatic rings. The van der Waals surface area contributed by atoms with E-state index in [9.17, 15) is 4.79 Å². The Hall–Kier alpha value is -2.37. The maximum Gasteiger partial charge on any atom is 0.251 e. The Morgan fingerprint density at radius 3 is 2.54 bits per heavy atom. The van der Waals surface area contributed by atoms with Crippen LogP contribution < -0.4 is 15.8 Å². The van der Waals surface area contributed by atoms with E-state index in [4.69, 9.17) is 15.2 Å². The average Bonchev–Trinajstić information content (AvgIpc) is 2.61. The smallest absolute Gasteiger partial charge is 0.251 e. The Morgan fingerprint density at radius 1 is 1.12 bits per heavy atom. The lowest BCUT2D eigenvalue weighted by Gasteiger charge is -2.13. The van der Waals surface area contributed by atoms with Crippen LogP contribution in [0.5, 0.6) is 5.75 Å². The molecule has 0 unspecified atom stereocenters. The van der Waals surface area contributed by atoms with Gasteiger partial charge >= 0.3 is 0 Å². The molecule has 0 atom stereocenters. The van der Waals surface area contributed by atoms with Crippen LogP contribution >= 0.6 is 0 Å². The fourth-order valence-corrected chi connectivity index (χ4v) is 2.25. The SMILES string of the molecule is COCCOc1cc(C)ccc1CNC(=O)c1ccc(CN)cc1. The molecular weight excluding hydrogens is 304 g/mol. The normalized spacial score (nSPS) is 10.5. The van der Waals surface area contributed by atoms with E-state index >= 15 is 0 Å². The summed E-state index contributed by atoms with van der Waals surface area (Å²) >= 11 is 0. The Labute approximate surface area is 142 Å². The van der Waals surface area contributed by atoms with Crippen molar-refractivity contribution in [3.05, 3.63) is 64.7 Å². The van der Waals surface area contributed by atoms with E-state index in [0.29, 0.717) is 31.9 Å². The molecule has 5 nitrogen and oxygen atoms in total. The van der Waals surface area contributed by atoms with Gasteiger partial charge in [-0.05, 0) is 36.2 Å². The highest BCUT2D eigenvalue weighted by Crippen LogP contribution is 2.20. The number of hydrogen-bond donors (Lipinski definition) is 2. The lowest BCUT2D eigenvalue weighted by atomic mass is 10.1. The molecule has 5 heteroatoms. The summed E-state index contributed by atoms with van der Waals surface area (Å²) < 4.78 is 10.7. The van der Waals surface area contributed by atoms with Crippen LogP contribution in [0.15, 0.2) is 42.5 Å². The highest BCUT2D eigenvalue weighted by atomic mass is 16.5. The molecule has 0 aromatic heterocycles. The van der Waals surface area contributed by atoms with Crippen LogP contribution in [0.1, 0.15) is 27.0 Å². The topological polar surface area (TPSA) is 73.6 Å². The predicted octanol–water partition coefficient (Wildman–Crippen LogP) is 2.41. The van der Waals surface area contributed by atoms with E-state index in [1.807, 2.05) is 37.3 Å². The molecule has 0 aliphatic heterocycles. The molecule has 0 saturated carbocycles. The lowest BCUT2D eigenvalue weighted by molar-refractivity contribution is 0.0950. The van der Waals surface area contributed by atoms with E-state index in [1.54, 1.807) is 19.2 Å². The maximum atomic E-state index is 12.3. The molecule has 0 spiro atoms. The Bertz CT molecular complexity index is 669. The summed E-state index contributed by atoms with van der Waals surface area (Å²) in [5.41, 5.74) is 9.22. The molecule has 0 bridgehead atoms. The van der Waals surface area contributed by atoms with Gasteiger partial charge in [0.15, 0.2) is 0 Å². The summed E-state index contributed by atoms with van der Waals surface area (Å²) in [5, 5.41) is 2.92. The molecule has 1 amide bonds. The van der Waals surface area contributed by atoms with Crippen LogP contribution in [0.2, 0.25) is 0 Å². The van der Waals surface area contributed by atoms with Gasteiger partial charge in [-0.3, -0.25) is 4.79 Å². The van der Waals surface area contributed by atoms with Crippen molar-refractivity contribution in [2.45, 2.75) is 20.0 Å². The maximum absolute atomic E-state index is 12.3. The van der Waals surface area contributed by atoms with Crippen LogP contribution in [0, 0.1) is 6.92 Å². The van der Waals surface area contributed by atoms with Gasteiger partial charge in [0, 0.05) is 31.3 Å². The number of methoxy groups -OCH3 is 1. The van der Waals surface area contributed by atoms with Gasteiger partial charge in [-0.1, -0.05) is 24.3 Å². The van der Waals surface area contributed by atoms with Gasteiger partial charge in [-0.2, -0.15) is 0 Å². The first-order valence-electron chi connectivity index (χ1n) is 7.92. The van der Waals surface area contributed by atoms with Gasteiger partial charge in [0.25, 0.3) is 5.91 Å². The minimum absolute atomic E-state index is 0.123. The highest BCUT2D eigenvalue weighted by molar-refractivity contribution is 5.94. The number of nitrogens with two attached hydrogens (primary N) is 1. The molecule has 3 N–H and O–H groups in total. The summed E-state index contributed by atoms with van der Waals surface area (Å²) in [6.07, 6.45) is 0. The summed E-state index contributed by atoms with van der Waals surface area (Å²) in [7, 11) is 1.64. The first kappa shape index (κ1) is 18.0. The van der Waals surface area contributed by atoms with Crippen LogP contribution in [0.3, 0.4) is 0 Å². The monoisotopic (exact) mass is 328 g/mol. The van der Waals surface area contributed by atoms with E-state index in [0.717, 1.165) is 22.4 Å². The first-order chi connectivity index (χ1) is 11.6. The van der Waals surface area contributed by atoms with E-state index < -0.39 is 0 Å². The van der Waals surface area contributed by atoms with Gasteiger partial charge in [-0.15, -0.1) is 0 Å². The van der Waals surface area contributed by atoms with Gasteiger partial charge < -0.3 is 20.5 Å². The van der Waals surface area contributed by atoms with Crippen molar-refractivity contribution in [1.29, 1.82) is 0 Å². The minimum Gasteiger partial charge on any atom is -0.491 e. The number of carbonyl (C=O) groups excluding carboxylic acids is 1. The van der Waals surface area contributed by atoms with Crippen LogP contribution in [0.25, 0.3) is 0 Å². The molecule has 2 aromatic carbocycles. The van der Waals surface area contributed by atoms with Crippen LogP contribution in [0.4, 0.5) is 0 Å². The standard InChI is InChI=1S/C19H24N2O3/c1-14-3-6-17(18(11-14)24-10-9-23-2)13-21-19(22)16-7-4-15(12-20)5-8-16/h3-8,11H,9-10,12-13,20H2,1-2H3,(H,21,22). The molecule has 0 saturated heterocycles. The quantitative estimate of drug-likeness (QED) is 0.730. The Balaban J connectivity index is 2.00. The van der Waals surface area contributed by atoms with Crippen molar-refractivity contribution in [1.82, 2.24) is 5.32 Å². The molecule has 2 rings (SSSR count). The zero-order valence-corrected chi connectivity index (χ0v) is 14.2. The third-order valence-electron chi connectivity index (χ3n) is 3.66. The predicted molar refractivity (Wildman–Crippen MR) is 94.1 cm³/mol. The second-order valence-electron chi connectivity index (χ2n) is 5.54. The number of nitrogens with one attached hydrogen (secondary N) is 1. The number of hydrogen-bond acceptors (Lipinski definition) is 4. The van der Waals surface area contributed by atoms with Gasteiger partial charge in [0.1, 0.15) is 12.4 Å². The number of benzene rings is 2. The van der Waals surface area contributed by atoms with Crippen molar-refractivity contribution in [2.24, 2.45) is 5.73 Å². The number of aryl methyl sites for hydroxylation is 1.